The van der Waals surface area contributed by atoms with Crippen molar-refractivity contribution in [2.75, 3.05) is 0 Å². The van der Waals surface area contributed by atoms with Crippen LogP contribution in [0.5, 0.6) is 0 Å². The molecule has 2 heteroatoms. The van der Waals surface area contributed by atoms with Crippen LogP contribution in [0.4, 0.5) is 0 Å². The molecule has 0 saturated carbocycles. The average molecular weight is 356 g/mol. The van der Waals surface area contributed by atoms with Gasteiger partial charge >= 0.3 is 0 Å². The molecule has 0 fully saturated rings. The van der Waals surface area contributed by atoms with Crippen LogP contribution in [0, 0.1) is 15.4 Å². The van der Waals surface area contributed by atoms with Crippen LogP contribution in [-0.4, -0.2) is 11.2 Å². The summed E-state index contributed by atoms with van der Waals surface area (Å²) in [7, 11) is 0. The zero-order valence-corrected chi connectivity index (χ0v) is 13.2. The van der Waals surface area contributed by atoms with Gasteiger partial charge < -0.3 is 5.11 Å². The minimum Gasteiger partial charge on any atom is -0.392 e. The van der Waals surface area contributed by atoms with Crippen LogP contribution in [0.1, 0.15) is 32.3 Å². The highest BCUT2D eigenvalue weighted by molar-refractivity contribution is 14.1. The minimum absolute atomic E-state index is 0.212. The molecular weight excluding hydrogens is 335 g/mol. The van der Waals surface area contributed by atoms with Gasteiger partial charge in [0.25, 0.3) is 0 Å². The van der Waals surface area contributed by atoms with E-state index in [1.807, 2.05) is 0 Å². The maximum absolute atomic E-state index is 10.4. The number of rotatable bonds is 3. The van der Waals surface area contributed by atoms with Crippen molar-refractivity contribution in [3.63, 3.8) is 0 Å². The van der Waals surface area contributed by atoms with Crippen LogP contribution in [0.3, 0.4) is 0 Å². The van der Waals surface area contributed by atoms with Crippen molar-refractivity contribution in [1.82, 2.24) is 0 Å². The zero-order chi connectivity index (χ0) is 13.1. The van der Waals surface area contributed by atoms with Gasteiger partial charge in [-0.25, -0.2) is 0 Å². The molecule has 3 atom stereocenters. The lowest BCUT2D eigenvalue weighted by atomic mass is 9.79. The first-order chi connectivity index (χ1) is 8.54. The van der Waals surface area contributed by atoms with Gasteiger partial charge in [-0.15, -0.1) is 0 Å². The van der Waals surface area contributed by atoms with Crippen molar-refractivity contribution in [1.29, 1.82) is 0 Å². The fourth-order valence-electron chi connectivity index (χ4n) is 2.92. The maximum Gasteiger partial charge on any atom is 0.0611 e. The molecular formula is C16H21IO. The number of allylic oxidation sites excluding steroid dienone is 2. The third-order valence-corrected chi connectivity index (χ3v) is 4.45. The van der Waals surface area contributed by atoms with Crippen LogP contribution in [0.25, 0.3) is 0 Å². The number of hydrogen-bond donors (Lipinski definition) is 1. The molecule has 0 radical (unpaired) electrons. The Hall–Kier alpha value is -0.350. The highest BCUT2D eigenvalue weighted by Crippen LogP contribution is 2.31. The third-order valence-electron chi connectivity index (χ3n) is 3.73. The van der Waals surface area contributed by atoms with E-state index in [1.54, 1.807) is 0 Å². The van der Waals surface area contributed by atoms with Crippen molar-refractivity contribution >= 4 is 22.6 Å². The summed E-state index contributed by atoms with van der Waals surface area (Å²) in [5, 5.41) is 10.4. The van der Waals surface area contributed by atoms with Gasteiger partial charge in [0.2, 0.25) is 0 Å². The van der Waals surface area contributed by atoms with Crippen LogP contribution < -0.4 is 0 Å². The molecule has 98 valence electrons. The molecule has 0 heterocycles. The van der Waals surface area contributed by atoms with E-state index in [2.05, 4.69) is 66.8 Å². The molecule has 1 aromatic rings. The van der Waals surface area contributed by atoms with Crippen molar-refractivity contribution in [2.24, 2.45) is 11.8 Å². The summed E-state index contributed by atoms with van der Waals surface area (Å²) >= 11 is 2.31. The lowest BCUT2D eigenvalue weighted by Crippen LogP contribution is -2.27. The zero-order valence-electron chi connectivity index (χ0n) is 11.1. The molecule has 1 aliphatic rings. The lowest BCUT2D eigenvalue weighted by Gasteiger charge is -2.29. The van der Waals surface area contributed by atoms with E-state index in [9.17, 15) is 5.11 Å². The van der Waals surface area contributed by atoms with Gasteiger partial charge in [-0.1, -0.05) is 30.7 Å². The molecule has 0 saturated heterocycles. The van der Waals surface area contributed by atoms with E-state index in [0.29, 0.717) is 11.8 Å². The molecule has 2 rings (SSSR count). The molecule has 3 unspecified atom stereocenters. The molecule has 1 aliphatic carbocycles. The maximum atomic E-state index is 10.4. The summed E-state index contributed by atoms with van der Waals surface area (Å²) in [5.74, 6) is 1.03. The van der Waals surface area contributed by atoms with Gasteiger partial charge in [0, 0.05) is 3.57 Å². The largest absolute Gasteiger partial charge is 0.392 e. The number of aliphatic hydroxyl groups excluding tert-OH is 1. The summed E-state index contributed by atoms with van der Waals surface area (Å²) in [4.78, 5) is 0. The Morgan fingerprint density at radius 3 is 2.61 bits per heavy atom. The fraction of sp³-hybridized carbons (Fsp3) is 0.500. The second-order valence-electron chi connectivity index (χ2n) is 5.59. The number of hydrogen-bond acceptors (Lipinski definition) is 1. The van der Waals surface area contributed by atoms with E-state index in [1.165, 1.54) is 14.7 Å². The molecule has 0 spiro atoms. The summed E-state index contributed by atoms with van der Waals surface area (Å²) in [6.45, 7) is 4.42. The molecule has 0 bridgehead atoms. The summed E-state index contributed by atoms with van der Waals surface area (Å²) in [6.07, 6.45) is 5.07. The minimum atomic E-state index is -0.212. The van der Waals surface area contributed by atoms with Gasteiger partial charge in [-0.2, -0.15) is 0 Å². The molecule has 0 amide bonds. The van der Waals surface area contributed by atoms with Crippen molar-refractivity contribution in [2.45, 2.75) is 39.2 Å². The quantitative estimate of drug-likeness (QED) is 0.636. The normalized spacial score (nSPS) is 25.7. The van der Waals surface area contributed by atoms with Gasteiger partial charge in [0.1, 0.15) is 0 Å². The second-order valence-corrected chi connectivity index (χ2v) is 6.83. The molecule has 0 aliphatic heterocycles. The number of benzene rings is 1. The Balaban J connectivity index is 1.98. The van der Waals surface area contributed by atoms with E-state index in [4.69, 9.17) is 0 Å². The summed E-state index contributed by atoms with van der Waals surface area (Å²) in [5.41, 5.74) is 2.67. The molecule has 18 heavy (non-hydrogen) atoms. The monoisotopic (exact) mass is 356 g/mol. The Kier molecular flexibility index (Phi) is 4.84. The van der Waals surface area contributed by atoms with Crippen molar-refractivity contribution < 1.29 is 5.11 Å². The van der Waals surface area contributed by atoms with Gasteiger partial charge in [0.15, 0.2) is 0 Å². The number of halogens is 1. The molecule has 1 N–H and O–H groups in total. The lowest BCUT2D eigenvalue weighted by molar-refractivity contribution is 0.0932. The molecule has 0 aromatic heterocycles. The van der Waals surface area contributed by atoms with E-state index in [-0.39, 0.29) is 6.10 Å². The Morgan fingerprint density at radius 2 is 2.00 bits per heavy atom. The first kappa shape index (κ1) is 14.1. The highest BCUT2D eigenvalue weighted by atomic mass is 127. The van der Waals surface area contributed by atoms with Gasteiger partial charge in [-0.3, -0.25) is 0 Å². The Bertz CT molecular complexity index is 421. The SMILES string of the molecule is CC1=CC(C)CC(C(O)Cc2ccc(I)cc2)C1. The predicted octanol–water partition coefficient (Wildman–Crippen LogP) is 4.19. The second kappa shape index (κ2) is 6.20. The van der Waals surface area contributed by atoms with Crippen molar-refractivity contribution in [3.8, 4) is 0 Å². The first-order valence-corrected chi connectivity index (χ1v) is 7.72. The van der Waals surface area contributed by atoms with Crippen LogP contribution in [-0.2, 0) is 6.42 Å². The Labute approximate surface area is 123 Å². The smallest absolute Gasteiger partial charge is 0.0611 e. The van der Waals surface area contributed by atoms with Gasteiger partial charge in [-0.05, 0) is 78.3 Å². The first-order valence-electron chi connectivity index (χ1n) is 6.64. The topological polar surface area (TPSA) is 20.2 Å². The van der Waals surface area contributed by atoms with E-state index in [0.717, 1.165) is 19.3 Å². The molecule has 1 nitrogen and oxygen atoms in total. The van der Waals surface area contributed by atoms with Crippen LogP contribution in [0.15, 0.2) is 35.9 Å². The van der Waals surface area contributed by atoms with Gasteiger partial charge in [0.05, 0.1) is 6.10 Å². The fourth-order valence-corrected chi connectivity index (χ4v) is 3.28. The molecule has 1 aromatic carbocycles. The van der Waals surface area contributed by atoms with Crippen LogP contribution in [0.2, 0.25) is 0 Å². The van der Waals surface area contributed by atoms with Crippen molar-refractivity contribution in [3.05, 3.63) is 45.0 Å². The third kappa shape index (κ3) is 3.82. The number of aliphatic hydroxyl groups is 1. The van der Waals surface area contributed by atoms with Crippen LogP contribution >= 0.6 is 22.6 Å². The predicted molar refractivity (Wildman–Crippen MR) is 84.5 cm³/mol. The summed E-state index contributed by atoms with van der Waals surface area (Å²) in [6, 6.07) is 8.47. The van der Waals surface area contributed by atoms with E-state index >= 15 is 0 Å². The highest BCUT2D eigenvalue weighted by Gasteiger charge is 2.24. The van der Waals surface area contributed by atoms with E-state index < -0.39 is 0 Å². The average Bonchev–Trinajstić information content (AvgIpc) is 2.31. The standard InChI is InChI=1S/C16H21IO/c1-11-7-12(2)9-14(8-11)16(18)10-13-3-5-15(17)6-4-13/h3-7,11,14,16,18H,8-10H2,1-2H3. The summed E-state index contributed by atoms with van der Waals surface area (Å²) < 4.78 is 1.25. The Morgan fingerprint density at radius 1 is 1.33 bits per heavy atom.